The number of nitrogens with two attached hydrogens (primary N) is 1. The molecule has 0 amide bonds. The van der Waals surface area contributed by atoms with Crippen molar-refractivity contribution in [3.8, 4) is 0 Å². The van der Waals surface area contributed by atoms with E-state index in [1.54, 1.807) is 6.20 Å². The van der Waals surface area contributed by atoms with Crippen molar-refractivity contribution < 1.29 is 4.74 Å². The molecule has 13 heavy (non-hydrogen) atoms. The molecule has 1 fully saturated rings. The summed E-state index contributed by atoms with van der Waals surface area (Å²) >= 11 is 3.33. The summed E-state index contributed by atoms with van der Waals surface area (Å²) in [6.07, 6.45) is 3.67. The fourth-order valence-electron chi connectivity index (χ4n) is 1.33. The van der Waals surface area contributed by atoms with Crippen molar-refractivity contribution in [1.29, 1.82) is 0 Å². The second kappa shape index (κ2) is 4.41. The first-order valence-electron chi connectivity index (χ1n) is 3.80. The van der Waals surface area contributed by atoms with E-state index in [0.717, 1.165) is 4.47 Å². The van der Waals surface area contributed by atoms with Crippen LogP contribution in [0.2, 0.25) is 0 Å². The summed E-state index contributed by atoms with van der Waals surface area (Å²) in [5.41, 5.74) is 5.82. The first-order valence-corrected chi connectivity index (χ1v) is 4.59. The topological polar surface area (TPSA) is 53.1 Å². The molecule has 0 aliphatic carbocycles. The molecule has 4 nitrogen and oxygen atoms in total. The van der Waals surface area contributed by atoms with Crippen LogP contribution in [0, 0.1) is 0 Å². The number of ether oxygens (including phenoxy) is 1. The van der Waals surface area contributed by atoms with E-state index in [9.17, 15) is 0 Å². The van der Waals surface area contributed by atoms with Crippen LogP contribution in [0.1, 0.15) is 6.04 Å². The van der Waals surface area contributed by atoms with Gasteiger partial charge in [0.2, 0.25) is 0 Å². The molecule has 0 bridgehead atoms. The molecule has 2 N–H and O–H groups in total. The molecule has 0 radical (unpaired) electrons. The van der Waals surface area contributed by atoms with Gasteiger partial charge in [-0.05, 0) is 15.9 Å². The zero-order valence-corrected chi connectivity index (χ0v) is 9.29. The van der Waals surface area contributed by atoms with Crippen molar-refractivity contribution >= 4 is 28.3 Å². The lowest BCUT2D eigenvalue weighted by Crippen LogP contribution is -2.30. The predicted octanol–water partition coefficient (Wildman–Crippen LogP) is 0.966. The van der Waals surface area contributed by atoms with E-state index in [4.69, 9.17) is 10.5 Å². The molecule has 1 aliphatic rings. The van der Waals surface area contributed by atoms with Crippen molar-refractivity contribution in [2.75, 3.05) is 13.2 Å². The summed E-state index contributed by atoms with van der Waals surface area (Å²) in [5, 5.41) is 4.16. The van der Waals surface area contributed by atoms with Gasteiger partial charge in [-0.25, -0.2) is 0 Å². The van der Waals surface area contributed by atoms with Crippen molar-refractivity contribution in [1.82, 2.24) is 9.78 Å². The lowest BCUT2D eigenvalue weighted by Gasteiger charge is -2.12. The first-order chi connectivity index (χ1) is 5.77. The highest BCUT2D eigenvalue weighted by Crippen LogP contribution is 2.18. The third-order valence-corrected chi connectivity index (χ3v) is 2.41. The van der Waals surface area contributed by atoms with Crippen molar-refractivity contribution in [3.63, 3.8) is 0 Å². The molecule has 2 atom stereocenters. The Balaban J connectivity index is 0.000000845. The second-order valence-corrected chi connectivity index (χ2v) is 3.82. The van der Waals surface area contributed by atoms with Crippen molar-refractivity contribution in [3.05, 3.63) is 16.9 Å². The van der Waals surface area contributed by atoms with Gasteiger partial charge in [-0.2, -0.15) is 5.10 Å². The van der Waals surface area contributed by atoms with Crippen LogP contribution in [-0.4, -0.2) is 29.0 Å². The van der Waals surface area contributed by atoms with Crippen LogP contribution in [0.4, 0.5) is 0 Å². The number of aromatic nitrogens is 2. The Kier molecular flexibility index (Phi) is 3.73. The van der Waals surface area contributed by atoms with Crippen molar-refractivity contribution in [2.45, 2.75) is 12.1 Å². The summed E-state index contributed by atoms with van der Waals surface area (Å²) in [6.45, 7) is 1.29. The molecule has 2 rings (SSSR count). The number of halogens is 2. The number of rotatable bonds is 1. The van der Waals surface area contributed by atoms with E-state index in [2.05, 4.69) is 21.0 Å². The molecule has 1 aliphatic heterocycles. The second-order valence-electron chi connectivity index (χ2n) is 2.91. The molecule has 0 aromatic carbocycles. The van der Waals surface area contributed by atoms with Crippen LogP contribution in [0.3, 0.4) is 0 Å². The van der Waals surface area contributed by atoms with Crippen LogP contribution in [0.15, 0.2) is 16.9 Å². The third-order valence-electron chi connectivity index (χ3n) is 2.00. The highest BCUT2D eigenvalue weighted by atomic mass is 79.9. The van der Waals surface area contributed by atoms with Gasteiger partial charge in [-0.3, -0.25) is 4.68 Å². The zero-order valence-electron chi connectivity index (χ0n) is 6.89. The lowest BCUT2D eigenvalue weighted by atomic mass is 10.2. The summed E-state index contributed by atoms with van der Waals surface area (Å²) in [4.78, 5) is 0. The molecule has 6 heteroatoms. The summed E-state index contributed by atoms with van der Waals surface area (Å²) in [5.74, 6) is 0. The Hall–Kier alpha value is -0.100. The van der Waals surface area contributed by atoms with Crippen LogP contribution < -0.4 is 5.73 Å². The minimum Gasteiger partial charge on any atom is -0.377 e. The van der Waals surface area contributed by atoms with Gasteiger partial charge in [0.15, 0.2) is 0 Å². The number of hydrogen-bond donors (Lipinski definition) is 1. The van der Waals surface area contributed by atoms with E-state index in [0.29, 0.717) is 13.2 Å². The molecule has 1 aromatic rings. The monoisotopic (exact) mass is 267 g/mol. The van der Waals surface area contributed by atoms with E-state index < -0.39 is 0 Å². The molecule has 2 unspecified atom stereocenters. The van der Waals surface area contributed by atoms with E-state index in [1.807, 2.05) is 10.9 Å². The standard InChI is InChI=1S/C7H10BrN3O.ClH/c8-5-1-10-11(2-5)7-4-12-3-6(7)9;/h1-2,6-7H,3-4,9H2;1H. The van der Waals surface area contributed by atoms with Gasteiger partial charge >= 0.3 is 0 Å². The Labute approximate surface area is 91.0 Å². The van der Waals surface area contributed by atoms with Crippen LogP contribution in [0.5, 0.6) is 0 Å². The Morgan fingerprint density at radius 1 is 1.62 bits per heavy atom. The van der Waals surface area contributed by atoms with Gasteiger partial charge in [0.05, 0.1) is 36.0 Å². The molecule has 2 heterocycles. The highest BCUT2D eigenvalue weighted by Gasteiger charge is 2.26. The fourth-order valence-corrected chi connectivity index (χ4v) is 1.63. The van der Waals surface area contributed by atoms with Gasteiger partial charge < -0.3 is 10.5 Å². The van der Waals surface area contributed by atoms with Crippen LogP contribution in [0.25, 0.3) is 0 Å². The zero-order chi connectivity index (χ0) is 8.55. The molecule has 1 saturated heterocycles. The van der Waals surface area contributed by atoms with Crippen LogP contribution in [-0.2, 0) is 4.74 Å². The lowest BCUT2D eigenvalue weighted by molar-refractivity contribution is 0.183. The van der Waals surface area contributed by atoms with E-state index in [-0.39, 0.29) is 24.5 Å². The molecule has 74 valence electrons. The Morgan fingerprint density at radius 3 is 2.85 bits per heavy atom. The maximum absolute atomic E-state index is 5.82. The van der Waals surface area contributed by atoms with Gasteiger partial charge in [0.1, 0.15) is 0 Å². The van der Waals surface area contributed by atoms with Crippen molar-refractivity contribution in [2.24, 2.45) is 5.73 Å². The first kappa shape index (κ1) is 11.0. The van der Waals surface area contributed by atoms with Gasteiger partial charge in [0, 0.05) is 6.20 Å². The third kappa shape index (κ3) is 2.22. The fraction of sp³-hybridized carbons (Fsp3) is 0.571. The Morgan fingerprint density at radius 2 is 2.38 bits per heavy atom. The normalized spacial score (nSPS) is 27.2. The maximum Gasteiger partial charge on any atom is 0.0925 e. The number of hydrogen-bond acceptors (Lipinski definition) is 3. The van der Waals surface area contributed by atoms with Gasteiger partial charge in [-0.1, -0.05) is 0 Å². The molecular weight excluding hydrogens is 257 g/mol. The summed E-state index contributed by atoms with van der Waals surface area (Å²) in [6, 6.07) is 0.257. The van der Waals surface area contributed by atoms with Crippen LogP contribution >= 0.6 is 28.3 Å². The minimum absolute atomic E-state index is 0. The van der Waals surface area contributed by atoms with E-state index >= 15 is 0 Å². The highest BCUT2D eigenvalue weighted by molar-refractivity contribution is 9.10. The largest absolute Gasteiger partial charge is 0.377 e. The summed E-state index contributed by atoms with van der Waals surface area (Å²) < 4.78 is 8.05. The van der Waals surface area contributed by atoms with Gasteiger partial charge in [0.25, 0.3) is 0 Å². The van der Waals surface area contributed by atoms with E-state index in [1.165, 1.54) is 0 Å². The summed E-state index contributed by atoms with van der Waals surface area (Å²) in [7, 11) is 0. The molecule has 0 spiro atoms. The Bertz CT molecular complexity index is 280. The average molecular weight is 269 g/mol. The SMILES string of the molecule is Cl.NC1COCC1n1cc(Br)cn1. The number of nitrogens with zero attached hydrogens (tertiary/aromatic N) is 2. The average Bonchev–Trinajstić information content (AvgIpc) is 2.58. The molecule has 0 saturated carbocycles. The minimum atomic E-state index is 0. The predicted molar refractivity (Wildman–Crippen MR) is 55.0 cm³/mol. The maximum atomic E-state index is 5.82. The quantitative estimate of drug-likeness (QED) is 0.826. The van der Waals surface area contributed by atoms with Gasteiger partial charge in [-0.15, -0.1) is 12.4 Å². The molecular formula is C7H11BrClN3O. The molecule has 1 aromatic heterocycles. The smallest absolute Gasteiger partial charge is 0.0925 e.